The first kappa shape index (κ1) is 44.7. The van der Waals surface area contributed by atoms with Crippen molar-refractivity contribution >= 4 is 45.6 Å². The number of morpholine rings is 3. The van der Waals surface area contributed by atoms with Gasteiger partial charge >= 0.3 is 0 Å². The van der Waals surface area contributed by atoms with Crippen LogP contribution >= 0.6 is 0 Å². The molecule has 4 aromatic heterocycles. The molecule has 72 heavy (non-hydrogen) atoms. The second kappa shape index (κ2) is 18.2. The lowest BCUT2D eigenvalue weighted by Crippen LogP contribution is -2.50. The Labute approximate surface area is 417 Å². The molecule has 0 spiro atoms. The van der Waals surface area contributed by atoms with E-state index in [0.717, 1.165) is 114 Å². The van der Waals surface area contributed by atoms with Crippen molar-refractivity contribution < 1.29 is 38.3 Å². The van der Waals surface area contributed by atoms with Crippen LogP contribution in [0, 0.1) is 5.92 Å². The second-order valence-corrected chi connectivity index (χ2v) is 20.9. The highest BCUT2D eigenvalue weighted by molar-refractivity contribution is 5.91. The van der Waals surface area contributed by atoms with Gasteiger partial charge in [-0.3, -0.25) is 0 Å². The molecule has 1 N–H and O–H groups in total. The van der Waals surface area contributed by atoms with Crippen LogP contribution in [0.4, 0.5) is 23.5 Å². The Balaban J connectivity index is 0.740. The minimum atomic E-state index is -0.178. The average molecular weight is 977 g/mol. The molecule has 8 saturated heterocycles. The van der Waals surface area contributed by atoms with E-state index >= 15 is 0 Å². The molecule has 14 rings (SSSR count). The zero-order valence-electron chi connectivity index (χ0n) is 40.8. The van der Waals surface area contributed by atoms with E-state index in [2.05, 4.69) is 49.9 Å². The number of hydrogen-bond donors (Lipinski definition) is 1. The first-order valence-electron chi connectivity index (χ1n) is 25.9. The first-order chi connectivity index (χ1) is 35.4. The van der Waals surface area contributed by atoms with Gasteiger partial charge in [0.15, 0.2) is 11.3 Å². The topological polar surface area (TPSA) is 175 Å². The summed E-state index contributed by atoms with van der Waals surface area (Å²) in [6, 6.07) is 21.4. The van der Waals surface area contributed by atoms with Gasteiger partial charge in [0.1, 0.15) is 29.2 Å². The number of aliphatic hydroxyl groups is 1. The van der Waals surface area contributed by atoms with Gasteiger partial charge in [0, 0.05) is 54.4 Å². The number of rotatable bonds is 12. The Kier molecular flexibility index (Phi) is 11.3. The van der Waals surface area contributed by atoms with Crippen LogP contribution in [-0.4, -0.2) is 157 Å². The Morgan fingerprint density at radius 3 is 1.78 bits per heavy atom. The summed E-state index contributed by atoms with van der Waals surface area (Å²) < 4.78 is 43.0. The molecule has 8 aliphatic heterocycles. The number of anilines is 4. The van der Waals surface area contributed by atoms with E-state index in [-0.39, 0.29) is 49.0 Å². The largest absolute Gasteiger partial charge is 0.496 e. The van der Waals surface area contributed by atoms with Gasteiger partial charge in [-0.05, 0) is 99.2 Å². The van der Waals surface area contributed by atoms with E-state index in [1.54, 1.807) is 14.2 Å². The standard InChI is InChI=1S/C54H60N10O8/c1-66-45-15-3-30(17-32(45)23-65)43-13-11-41-49(55-43)57-53(62-20-39-9-10-40(21-62)72-39)59-51(41)61-19-34-25-70-47(22-61)48(34)71-24-33-18-31(4-16-46(33)67-2)44-14-12-42-50(56-44)58-54(64-37-7-8-38(64)29-69-28-37)60-52(42)63-35-5-6-36(63)27-68-26-35/h3-4,11-18,34-40,47-48,65H,5-10,19-29H2,1-2H3. The highest BCUT2D eigenvalue weighted by Gasteiger charge is 2.46. The lowest BCUT2D eigenvalue weighted by molar-refractivity contribution is -0.0318. The molecular weight excluding hydrogens is 917 g/mol. The summed E-state index contributed by atoms with van der Waals surface area (Å²) in [5, 5.41) is 11.9. The van der Waals surface area contributed by atoms with E-state index < -0.39 is 0 Å². The van der Waals surface area contributed by atoms with Gasteiger partial charge in [-0.2, -0.15) is 19.9 Å². The van der Waals surface area contributed by atoms with Crippen molar-refractivity contribution in [2.75, 3.05) is 93.0 Å². The monoisotopic (exact) mass is 976 g/mol. The smallest absolute Gasteiger partial charge is 0.230 e. The van der Waals surface area contributed by atoms with Crippen LogP contribution in [0.3, 0.4) is 0 Å². The number of benzene rings is 2. The molecule has 8 aliphatic rings. The number of pyridine rings is 2. The van der Waals surface area contributed by atoms with Gasteiger partial charge in [0.25, 0.3) is 0 Å². The highest BCUT2D eigenvalue weighted by atomic mass is 16.6. The van der Waals surface area contributed by atoms with Crippen LogP contribution in [0.5, 0.6) is 11.5 Å². The van der Waals surface area contributed by atoms with Gasteiger partial charge < -0.3 is 57.9 Å². The summed E-state index contributed by atoms with van der Waals surface area (Å²) in [5.41, 5.74) is 6.37. The SMILES string of the molecule is COc1ccc(-c2ccc3c(N4CC5COC(C4)C5OCc4cc(-c5ccc6c(N7C8CCC7COC8)nc(N7C8CCC7COC8)nc6n5)ccc4OC)nc(N4CC5CCC(C4)O5)nc3n2)cc1CO. The number of nitrogens with zero attached hydrogens (tertiary/aromatic N) is 10. The van der Waals surface area contributed by atoms with Crippen LogP contribution < -0.4 is 29.1 Å². The van der Waals surface area contributed by atoms with Crippen molar-refractivity contribution in [3.8, 4) is 34.0 Å². The lowest BCUT2D eigenvalue weighted by atomic mass is 9.95. The van der Waals surface area contributed by atoms with Crippen molar-refractivity contribution in [3.63, 3.8) is 0 Å². The van der Waals surface area contributed by atoms with Gasteiger partial charge in [-0.15, -0.1) is 0 Å². The van der Waals surface area contributed by atoms with Crippen molar-refractivity contribution in [3.05, 3.63) is 71.8 Å². The van der Waals surface area contributed by atoms with Crippen LogP contribution in [0.1, 0.15) is 49.7 Å². The number of ether oxygens (including phenoxy) is 7. The fourth-order valence-corrected chi connectivity index (χ4v) is 13.0. The van der Waals surface area contributed by atoms with Gasteiger partial charge in [-0.1, -0.05) is 0 Å². The fraction of sp³-hybridized carbons (Fsp3) is 0.519. The number of methoxy groups -OCH3 is 2. The third kappa shape index (κ3) is 7.75. The summed E-state index contributed by atoms with van der Waals surface area (Å²) in [6.07, 6.45) is 6.48. The molecule has 12 heterocycles. The zero-order valence-corrected chi connectivity index (χ0v) is 40.8. The predicted molar refractivity (Wildman–Crippen MR) is 269 cm³/mol. The third-order valence-corrected chi connectivity index (χ3v) is 16.6. The maximum absolute atomic E-state index is 10.1. The minimum Gasteiger partial charge on any atom is -0.496 e. The third-order valence-electron chi connectivity index (χ3n) is 16.6. The Morgan fingerprint density at radius 1 is 0.569 bits per heavy atom. The Morgan fingerprint density at radius 2 is 1.15 bits per heavy atom. The van der Waals surface area contributed by atoms with E-state index in [0.29, 0.717) is 93.4 Å². The zero-order chi connectivity index (χ0) is 48.0. The quantitative estimate of drug-likeness (QED) is 0.157. The molecule has 18 nitrogen and oxygen atoms in total. The van der Waals surface area contributed by atoms with E-state index in [1.807, 2.05) is 30.3 Å². The molecule has 8 bridgehead atoms. The van der Waals surface area contributed by atoms with Crippen molar-refractivity contribution in [1.29, 1.82) is 0 Å². The van der Waals surface area contributed by atoms with Crippen LogP contribution in [0.25, 0.3) is 44.6 Å². The maximum atomic E-state index is 10.1. The number of hydrogen-bond acceptors (Lipinski definition) is 18. The van der Waals surface area contributed by atoms with Crippen molar-refractivity contribution in [2.45, 2.75) is 100 Å². The Bertz CT molecular complexity index is 3000. The fourth-order valence-electron chi connectivity index (χ4n) is 13.0. The number of aliphatic hydroxyl groups excluding tert-OH is 1. The van der Waals surface area contributed by atoms with E-state index in [4.69, 9.17) is 63.1 Å². The molecule has 0 saturated carbocycles. The van der Waals surface area contributed by atoms with Gasteiger partial charge in [0.2, 0.25) is 11.9 Å². The maximum Gasteiger partial charge on any atom is 0.230 e. The molecular formula is C54H60N10O8. The lowest BCUT2D eigenvalue weighted by Gasteiger charge is -2.38. The summed E-state index contributed by atoms with van der Waals surface area (Å²) in [6.45, 7) is 6.39. The second-order valence-electron chi connectivity index (χ2n) is 20.9. The number of piperidine rings is 1. The predicted octanol–water partition coefficient (Wildman–Crippen LogP) is 5.73. The summed E-state index contributed by atoms with van der Waals surface area (Å²) in [4.78, 5) is 41.0. The van der Waals surface area contributed by atoms with E-state index in [9.17, 15) is 5.11 Å². The summed E-state index contributed by atoms with van der Waals surface area (Å²) in [7, 11) is 3.31. The molecule has 0 aliphatic carbocycles. The molecule has 374 valence electrons. The molecule has 6 aromatic rings. The van der Waals surface area contributed by atoms with E-state index in [1.165, 1.54) is 0 Å². The average Bonchev–Trinajstić information content (AvgIpc) is 4.06. The van der Waals surface area contributed by atoms with Gasteiger partial charge in [0.05, 0.1) is 125 Å². The first-order valence-corrected chi connectivity index (χ1v) is 25.9. The molecule has 0 amide bonds. The molecule has 0 radical (unpaired) electrons. The number of fused-ring (bicyclic) bond motifs is 10. The molecule has 18 heteroatoms. The summed E-state index contributed by atoms with van der Waals surface area (Å²) >= 11 is 0. The van der Waals surface area contributed by atoms with Crippen LogP contribution in [0.15, 0.2) is 60.7 Å². The summed E-state index contributed by atoms with van der Waals surface area (Å²) in [5.74, 6) is 4.71. The van der Waals surface area contributed by atoms with Crippen molar-refractivity contribution in [1.82, 2.24) is 29.9 Å². The molecule has 8 fully saturated rings. The molecule has 9 atom stereocenters. The van der Waals surface area contributed by atoms with Crippen molar-refractivity contribution in [2.24, 2.45) is 5.92 Å². The molecule has 2 aromatic carbocycles. The molecule has 9 unspecified atom stereocenters. The van der Waals surface area contributed by atoms with Crippen LogP contribution in [0.2, 0.25) is 0 Å². The highest BCUT2D eigenvalue weighted by Crippen LogP contribution is 2.42. The van der Waals surface area contributed by atoms with Gasteiger partial charge in [-0.25, -0.2) is 9.97 Å². The number of aromatic nitrogens is 6. The normalized spacial score (nSPS) is 28.5. The Hall–Kier alpha value is -6.02. The minimum absolute atomic E-state index is 0.0997. The van der Waals surface area contributed by atoms with Crippen LogP contribution in [-0.2, 0) is 36.9 Å².